The minimum Gasteiger partial charge on any atom is -0.358 e. The lowest BCUT2D eigenvalue weighted by molar-refractivity contribution is -0.114. The number of aromatic nitrogens is 1. The molecule has 0 saturated heterocycles. The summed E-state index contributed by atoms with van der Waals surface area (Å²) in [6, 6.07) is 14.9. The lowest BCUT2D eigenvalue weighted by Gasteiger charge is -2.24. The van der Waals surface area contributed by atoms with Crippen molar-refractivity contribution in [1.82, 2.24) is 15.3 Å². The number of hydrogen-bond acceptors (Lipinski definition) is 3. The lowest BCUT2D eigenvalue weighted by atomic mass is 10.0. The minimum absolute atomic E-state index is 0.170. The van der Waals surface area contributed by atoms with Crippen molar-refractivity contribution in [2.75, 3.05) is 13.1 Å². The largest absolute Gasteiger partial charge is 0.358 e. The molecule has 1 aliphatic rings. The van der Waals surface area contributed by atoms with Crippen LogP contribution in [0.2, 0.25) is 0 Å². The van der Waals surface area contributed by atoms with E-state index in [0.29, 0.717) is 30.7 Å². The molecule has 0 radical (unpaired) electrons. The topological polar surface area (TPSA) is 60.5 Å². The van der Waals surface area contributed by atoms with E-state index in [1.165, 1.54) is 17.0 Å². The van der Waals surface area contributed by atoms with Crippen molar-refractivity contribution in [1.29, 1.82) is 0 Å². The van der Waals surface area contributed by atoms with Crippen LogP contribution in [0.4, 0.5) is 4.39 Å². The summed E-state index contributed by atoms with van der Waals surface area (Å²) in [6.07, 6.45) is 4.29. The fraction of sp³-hybridized carbons (Fsp3) is 0.385. The average molecular weight is 435 g/mol. The maximum atomic E-state index is 14.5. The normalized spacial score (nSPS) is 15.9. The molecular weight excluding hydrogens is 403 g/mol. The van der Waals surface area contributed by atoms with Crippen molar-refractivity contribution >= 4 is 22.5 Å². The van der Waals surface area contributed by atoms with Crippen molar-refractivity contribution in [2.24, 2.45) is 5.10 Å². The number of para-hydroxylation sites is 1. The van der Waals surface area contributed by atoms with E-state index in [-0.39, 0.29) is 17.8 Å². The highest BCUT2D eigenvalue weighted by atomic mass is 19.1. The van der Waals surface area contributed by atoms with Crippen LogP contribution in [-0.4, -0.2) is 34.7 Å². The zero-order chi connectivity index (χ0) is 22.5. The van der Waals surface area contributed by atoms with Gasteiger partial charge in [-0.2, -0.15) is 5.10 Å². The molecular formula is C26H31FN4O. The first-order valence-electron chi connectivity index (χ1n) is 11.5. The molecule has 0 fully saturated rings. The summed E-state index contributed by atoms with van der Waals surface area (Å²) in [5.74, 6) is -0.416. The molecule has 1 aromatic heterocycles. The van der Waals surface area contributed by atoms with E-state index in [4.69, 9.17) is 0 Å². The van der Waals surface area contributed by atoms with Crippen molar-refractivity contribution in [3.63, 3.8) is 0 Å². The van der Waals surface area contributed by atoms with Gasteiger partial charge in [-0.05, 0) is 36.4 Å². The van der Waals surface area contributed by atoms with Gasteiger partial charge in [0.15, 0.2) is 0 Å². The number of H-pyrrole nitrogens is 1. The Morgan fingerprint density at radius 1 is 1.22 bits per heavy atom. The number of carbonyl (C=O) groups excluding carboxylic acids is 1. The summed E-state index contributed by atoms with van der Waals surface area (Å²) in [5, 5.41) is 10.7. The van der Waals surface area contributed by atoms with E-state index < -0.39 is 0 Å². The second-order valence-corrected chi connectivity index (χ2v) is 8.50. The molecule has 1 aliphatic heterocycles. The predicted molar refractivity (Wildman–Crippen MR) is 127 cm³/mol. The van der Waals surface area contributed by atoms with E-state index in [1.54, 1.807) is 12.1 Å². The average Bonchev–Trinajstić information content (AvgIpc) is 3.39. The molecule has 4 rings (SSSR count). The summed E-state index contributed by atoms with van der Waals surface area (Å²) in [4.78, 5) is 16.3. The van der Waals surface area contributed by atoms with Gasteiger partial charge in [0.05, 0.1) is 6.04 Å². The standard InChI is InChI=1S/C26H31FN4O/c1-3-4-7-15-31-24(21-11-5-6-12-22(21)27)17-23(30-31)26(32)28-14-13-20-16-19-10-8-9-18(2)25(19)29-20/h5-6,8-12,16,24,29H,3-4,7,13-15,17H2,1-2H3,(H,28,32). The summed E-state index contributed by atoms with van der Waals surface area (Å²) < 4.78 is 14.5. The monoisotopic (exact) mass is 434 g/mol. The number of unbranched alkanes of at least 4 members (excludes halogenated alkanes) is 2. The lowest BCUT2D eigenvalue weighted by Crippen LogP contribution is -2.32. The number of rotatable bonds is 9. The Balaban J connectivity index is 1.39. The number of benzene rings is 2. The number of carbonyl (C=O) groups is 1. The highest BCUT2D eigenvalue weighted by molar-refractivity contribution is 6.39. The van der Waals surface area contributed by atoms with Gasteiger partial charge in [-0.1, -0.05) is 56.2 Å². The number of aryl methyl sites for hydroxylation is 1. The highest BCUT2D eigenvalue weighted by Crippen LogP contribution is 2.32. The molecule has 1 atom stereocenters. The van der Waals surface area contributed by atoms with Gasteiger partial charge in [-0.3, -0.25) is 9.80 Å². The maximum absolute atomic E-state index is 14.5. The number of aromatic amines is 1. The number of halogens is 1. The van der Waals surface area contributed by atoms with Crippen LogP contribution < -0.4 is 5.32 Å². The van der Waals surface area contributed by atoms with E-state index in [9.17, 15) is 9.18 Å². The molecule has 168 valence electrons. The summed E-state index contributed by atoms with van der Waals surface area (Å²) in [7, 11) is 0. The smallest absolute Gasteiger partial charge is 0.267 e. The number of hydrazone groups is 1. The fourth-order valence-corrected chi connectivity index (χ4v) is 4.35. The highest BCUT2D eigenvalue weighted by Gasteiger charge is 2.32. The molecule has 2 N–H and O–H groups in total. The van der Waals surface area contributed by atoms with E-state index in [0.717, 1.165) is 37.0 Å². The summed E-state index contributed by atoms with van der Waals surface area (Å²) in [6.45, 7) is 5.47. The fourth-order valence-electron chi connectivity index (χ4n) is 4.35. The number of nitrogens with one attached hydrogen (secondary N) is 2. The molecule has 5 nitrogen and oxygen atoms in total. The van der Waals surface area contributed by atoms with Crippen molar-refractivity contribution in [3.8, 4) is 0 Å². The third-order valence-electron chi connectivity index (χ3n) is 6.11. The number of fused-ring (bicyclic) bond motifs is 1. The molecule has 0 saturated carbocycles. The van der Waals surface area contributed by atoms with E-state index in [1.807, 2.05) is 17.1 Å². The van der Waals surface area contributed by atoms with Crippen LogP contribution in [0, 0.1) is 12.7 Å². The molecule has 2 heterocycles. The van der Waals surface area contributed by atoms with Gasteiger partial charge in [0.2, 0.25) is 0 Å². The second kappa shape index (κ2) is 9.98. The SMILES string of the molecule is CCCCCN1N=C(C(=O)NCCc2cc3cccc(C)c3[nH]2)CC1c1ccccc1F. The molecule has 2 aromatic carbocycles. The Kier molecular flexibility index (Phi) is 6.88. The van der Waals surface area contributed by atoms with Gasteiger partial charge in [0.25, 0.3) is 5.91 Å². The Labute approximate surface area is 188 Å². The van der Waals surface area contributed by atoms with Crippen LogP contribution in [0.1, 0.15) is 55.5 Å². The second-order valence-electron chi connectivity index (χ2n) is 8.50. The summed E-state index contributed by atoms with van der Waals surface area (Å²) in [5.41, 5.74) is 4.52. The van der Waals surface area contributed by atoms with Gasteiger partial charge in [0.1, 0.15) is 11.5 Å². The first-order valence-corrected chi connectivity index (χ1v) is 11.5. The molecule has 1 unspecified atom stereocenters. The minimum atomic E-state index is -0.246. The zero-order valence-corrected chi connectivity index (χ0v) is 18.8. The molecule has 0 aliphatic carbocycles. The third-order valence-corrected chi connectivity index (χ3v) is 6.11. The van der Waals surface area contributed by atoms with Crippen molar-refractivity contribution < 1.29 is 9.18 Å². The Hall–Kier alpha value is -3.15. The van der Waals surface area contributed by atoms with Gasteiger partial charge in [0, 0.05) is 42.7 Å². The quantitative estimate of drug-likeness (QED) is 0.451. The molecule has 3 aromatic rings. The first kappa shape index (κ1) is 22.1. The molecule has 32 heavy (non-hydrogen) atoms. The van der Waals surface area contributed by atoms with Gasteiger partial charge in [-0.15, -0.1) is 0 Å². The van der Waals surface area contributed by atoms with Crippen LogP contribution in [0.5, 0.6) is 0 Å². The zero-order valence-electron chi connectivity index (χ0n) is 18.8. The predicted octanol–water partition coefficient (Wildman–Crippen LogP) is 5.27. The Morgan fingerprint density at radius 2 is 2.06 bits per heavy atom. The third kappa shape index (κ3) is 4.85. The first-order chi connectivity index (χ1) is 15.6. The van der Waals surface area contributed by atoms with Crippen LogP contribution in [0.15, 0.2) is 53.6 Å². The number of nitrogens with zero attached hydrogens (tertiary/aromatic N) is 2. The van der Waals surface area contributed by atoms with Crippen LogP contribution in [0.3, 0.4) is 0 Å². The summed E-state index contributed by atoms with van der Waals surface area (Å²) >= 11 is 0. The molecule has 0 bridgehead atoms. The van der Waals surface area contributed by atoms with E-state index >= 15 is 0 Å². The van der Waals surface area contributed by atoms with Crippen LogP contribution in [0.25, 0.3) is 10.9 Å². The molecule has 6 heteroatoms. The number of amides is 1. The van der Waals surface area contributed by atoms with Crippen LogP contribution >= 0.6 is 0 Å². The number of hydrogen-bond donors (Lipinski definition) is 2. The Morgan fingerprint density at radius 3 is 2.84 bits per heavy atom. The molecule has 1 amide bonds. The van der Waals surface area contributed by atoms with Gasteiger partial charge >= 0.3 is 0 Å². The van der Waals surface area contributed by atoms with Crippen LogP contribution in [-0.2, 0) is 11.2 Å². The van der Waals surface area contributed by atoms with E-state index in [2.05, 4.69) is 47.4 Å². The van der Waals surface area contributed by atoms with Gasteiger partial charge in [-0.25, -0.2) is 4.39 Å². The van der Waals surface area contributed by atoms with Gasteiger partial charge < -0.3 is 10.3 Å². The van der Waals surface area contributed by atoms with Crippen molar-refractivity contribution in [3.05, 3.63) is 71.2 Å². The molecule has 0 spiro atoms. The van der Waals surface area contributed by atoms with Crippen molar-refractivity contribution in [2.45, 2.75) is 52.0 Å². The maximum Gasteiger partial charge on any atom is 0.267 e. The Bertz CT molecular complexity index is 1120.